The van der Waals surface area contributed by atoms with E-state index in [4.69, 9.17) is 5.73 Å². The highest BCUT2D eigenvalue weighted by Crippen LogP contribution is 2.13. The highest BCUT2D eigenvalue weighted by atomic mass is 14.9. The van der Waals surface area contributed by atoms with Crippen LogP contribution in [0.25, 0.3) is 11.4 Å². The van der Waals surface area contributed by atoms with Crippen molar-refractivity contribution in [2.45, 2.75) is 41.2 Å². The highest BCUT2D eigenvalue weighted by molar-refractivity contribution is 5.54. The van der Waals surface area contributed by atoms with Crippen LogP contribution >= 0.6 is 0 Å². The van der Waals surface area contributed by atoms with Crippen LogP contribution in [0.15, 0.2) is 30.7 Å². The zero-order valence-electron chi connectivity index (χ0n) is 12.5. The second-order valence-electron chi connectivity index (χ2n) is 3.30. The van der Waals surface area contributed by atoms with Crippen molar-refractivity contribution in [1.82, 2.24) is 15.0 Å². The van der Waals surface area contributed by atoms with Crippen molar-refractivity contribution in [3.8, 4) is 11.4 Å². The predicted molar refractivity (Wildman–Crippen MR) is 80.6 cm³/mol. The van der Waals surface area contributed by atoms with Crippen LogP contribution in [-0.2, 0) is 6.54 Å². The number of aryl methyl sites for hydroxylation is 1. The number of aromatic nitrogens is 3. The molecule has 4 nitrogen and oxygen atoms in total. The summed E-state index contributed by atoms with van der Waals surface area (Å²) in [5.41, 5.74) is 8.34. The lowest BCUT2D eigenvalue weighted by Crippen LogP contribution is -1.99. The molecule has 0 bridgehead atoms. The molecule has 104 valence electrons. The van der Waals surface area contributed by atoms with Gasteiger partial charge in [-0.15, -0.1) is 0 Å². The zero-order valence-corrected chi connectivity index (χ0v) is 12.5. The first-order chi connectivity index (χ1) is 9.29. The van der Waals surface area contributed by atoms with Crippen molar-refractivity contribution in [3.05, 3.63) is 42.0 Å². The van der Waals surface area contributed by atoms with Crippen LogP contribution < -0.4 is 5.73 Å². The van der Waals surface area contributed by atoms with Crippen LogP contribution in [0.5, 0.6) is 0 Å². The van der Waals surface area contributed by atoms with E-state index in [1.54, 1.807) is 18.6 Å². The van der Waals surface area contributed by atoms with E-state index in [1.165, 1.54) is 0 Å². The van der Waals surface area contributed by atoms with Gasteiger partial charge in [-0.25, -0.2) is 9.97 Å². The Morgan fingerprint density at radius 2 is 1.58 bits per heavy atom. The normalized spacial score (nSPS) is 8.74. The molecule has 0 radical (unpaired) electrons. The third kappa shape index (κ3) is 5.57. The van der Waals surface area contributed by atoms with Crippen molar-refractivity contribution < 1.29 is 0 Å². The van der Waals surface area contributed by atoms with E-state index >= 15 is 0 Å². The Labute approximate surface area is 116 Å². The van der Waals surface area contributed by atoms with Crippen LogP contribution in [0.4, 0.5) is 0 Å². The van der Waals surface area contributed by atoms with Crippen molar-refractivity contribution >= 4 is 0 Å². The molecule has 2 aromatic heterocycles. The van der Waals surface area contributed by atoms with Gasteiger partial charge >= 0.3 is 0 Å². The summed E-state index contributed by atoms with van der Waals surface area (Å²) in [5.74, 6) is 0.706. The summed E-state index contributed by atoms with van der Waals surface area (Å²) in [6, 6.07) is 3.85. The molecule has 0 saturated heterocycles. The molecule has 0 fully saturated rings. The van der Waals surface area contributed by atoms with Crippen LogP contribution in [0.2, 0.25) is 0 Å². The summed E-state index contributed by atoms with van der Waals surface area (Å²) in [6.07, 6.45) is 5.25. The van der Waals surface area contributed by atoms with Gasteiger partial charge in [-0.05, 0) is 19.1 Å². The van der Waals surface area contributed by atoms with Crippen LogP contribution in [-0.4, -0.2) is 15.0 Å². The Morgan fingerprint density at radius 1 is 1.00 bits per heavy atom. The molecule has 4 heteroatoms. The Hall–Kier alpha value is -1.81. The number of pyridine rings is 1. The zero-order chi connectivity index (χ0) is 14.7. The van der Waals surface area contributed by atoms with E-state index in [0.29, 0.717) is 12.4 Å². The average molecular weight is 260 g/mol. The monoisotopic (exact) mass is 260 g/mol. The Morgan fingerprint density at radius 3 is 2.05 bits per heavy atom. The van der Waals surface area contributed by atoms with E-state index < -0.39 is 0 Å². The van der Waals surface area contributed by atoms with Gasteiger partial charge in [0.05, 0.1) is 0 Å². The molecule has 0 spiro atoms. The maximum absolute atomic E-state index is 5.47. The van der Waals surface area contributed by atoms with Gasteiger partial charge in [-0.3, -0.25) is 4.98 Å². The molecular weight excluding hydrogens is 236 g/mol. The first-order valence-corrected chi connectivity index (χ1v) is 6.73. The quantitative estimate of drug-likeness (QED) is 0.899. The van der Waals surface area contributed by atoms with Crippen molar-refractivity contribution in [3.63, 3.8) is 0 Å². The molecule has 0 aromatic carbocycles. The van der Waals surface area contributed by atoms with Crippen LogP contribution in [0, 0.1) is 6.92 Å². The van der Waals surface area contributed by atoms with E-state index in [0.717, 1.165) is 16.8 Å². The maximum atomic E-state index is 5.47. The van der Waals surface area contributed by atoms with E-state index in [1.807, 2.05) is 46.8 Å². The van der Waals surface area contributed by atoms with Gasteiger partial charge in [0.25, 0.3) is 0 Å². The number of rotatable bonds is 2. The van der Waals surface area contributed by atoms with Crippen LogP contribution in [0.3, 0.4) is 0 Å². The number of hydrogen-bond acceptors (Lipinski definition) is 4. The minimum atomic E-state index is 0.468. The summed E-state index contributed by atoms with van der Waals surface area (Å²) in [6.45, 7) is 10.4. The molecule has 0 aliphatic heterocycles. The van der Waals surface area contributed by atoms with Gasteiger partial charge in [0.15, 0.2) is 5.82 Å². The molecule has 2 aromatic rings. The molecular formula is C15H24N4. The summed E-state index contributed by atoms with van der Waals surface area (Å²) in [4.78, 5) is 12.6. The SMILES string of the molecule is CC.CC.Cc1cc(-c2ncc(CN)cn2)ccn1. The minimum Gasteiger partial charge on any atom is -0.326 e. The third-order valence-corrected chi connectivity index (χ3v) is 2.10. The summed E-state index contributed by atoms with van der Waals surface area (Å²) >= 11 is 0. The standard InChI is InChI=1S/C11H12N4.2C2H6/c1-8-4-10(2-3-13-8)11-14-6-9(5-12)7-15-11;2*1-2/h2-4,6-7H,5,12H2,1H3;2*1-2H3. The highest BCUT2D eigenvalue weighted by Gasteiger charge is 2.01. The summed E-state index contributed by atoms with van der Waals surface area (Å²) < 4.78 is 0. The molecule has 2 rings (SSSR count). The van der Waals surface area contributed by atoms with Gasteiger partial charge < -0.3 is 5.73 Å². The molecule has 0 aliphatic carbocycles. The summed E-state index contributed by atoms with van der Waals surface area (Å²) in [5, 5.41) is 0. The average Bonchev–Trinajstić information content (AvgIpc) is 2.51. The van der Waals surface area contributed by atoms with E-state index in [9.17, 15) is 0 Å². The number of nitrogens with two attached hydrogens (primary N) is 1. The van der Waals surface area contributed by atoms with Crippen molar-refractivity contribution in [2.24, 2.45) is 5.73 Å². The van der Waals surface area contributed by atoms with Gasteiger partial charge in [0, 0.05) is 42.0 Å². The number of nitrogens with zero attached hydrogens (tertiary/aromatic N) is 3. The van der Waals surface area contributed by atoms with Gasteiger partial charge in [-0.1, -0.05) is 27.7 Å². The van der Waals surface area contributed by atoms with Gasteiger partial charge in [-0.2, -0.15) is 0 Å². The molecule has 0 aliphatic rings. The van der Waals surface area contributed by atoms with E-state index in [2.05, 4.69) is 15.0 Å². The third-order valence-electron chi connectivity index (χ3n) is 2.10. The smallest absolute Gasteiger partial charge is 0.159 e. The van der Waals surface area contributed by atoms with Crippen molar-refractivity contribution in [2.75, 3.05) is 0 Å². The van der Waals surface area contributed by atoms with Crippen molar-refractivity contribution in [1.29, 1.82) is 0 Å². The number of hydrogen-bond donors (Lipinski definition) is 1. The fourth-order valence-corrected chi connectivity index (χ4v) is 1.29. The molecule has 0 amide bonds. The Balaban J connectivity index is 0.000000741. The molecule has 19 heavy (non-hydrogen) atoms. The first kappa shape index (κ1) is 17.2. The molecule has 2 heterocycles. The second-order valence-corrected chi connectivity index (χ2v) is 3.30. The Bertz CT molecular complexity index is 452. The molecule has 0 saturated carbocycles. The lowest BCUT2D eigenvalue weighted by Gasteiger charge is -2.01. The lowest BCUT2D eigenvalue weighted by molar-refractivity contribution is 1.01. The molecule has 0 unspecified atom stereocenters. The van der Waals surface area contributed by atoms with Gasteiger partial charge in [0.1, 0.15) is 0 Å². The molecule has 2 N–H and O–H groups in total. The topological polar surface area (TPSA) is 64.7 Å². The first-order valence-electron chi connectivity index (χ1n) is 6.73. The maximum Gasteiger partial charge on any atom is 0.159 e. The fraction of sp³-hybridized carbons (Fsp3) is 0.400. The Kier molecular flexibility index (Phi) is 9.18. The minimum absolute atomic E-state index is 0.468. The largest absolute Gasteiger partial charge is 0.326 e. The second kappa shape index (κ2) is 10.1. The molecule has 0 atom stereocenters. The van der Waals surface area contributed by atoms with Gasteiger partial charge in [0.2, 0.25) is 0 Å². The van der Waals surface area contributed by atoms with Crippen LogP contribution in [0.1, 0.15) is 39.0 Å². The fourth-order valence-electron chi connectivity index (χ4n) is 1.29. The lowest BCUT2D eigenvalue weighted by atomic mass is 10.2. The predicted octanol–water partition coefficient (Wildman–Crippen LogP) is 3.36. The van der Waals surface area contributed by atoms with E-state index in [-0.39, 0.29) is 0 Å². The summed E-state index contributed by atoms with van der Waals surface area (Å²) in [7, 11) is 0.